The summed E-state index contributed by atoms with van der Waals surface area (Å²) in [5, 5.41) is 12.8. The van der Waals surface area contributed by atoms with Crippen molar-refractivity contribution in [3.05, 3.63) is 29.8 Å². The summed E-state index contributed by atoms with van der Waals surface area (Å²) in [4.78, 5) is 6.58. The third-order valence-corrected chi connectivity index (χ3v) is 3.61. The van der Waals surface area contributed by atoms with Gasteiger partial charge in [0.05, 0.1) is 12.6 Å². The van der Waals surface area contributed by atoms with E-state index in [0.717, 1.165) is 50.6 Å². The maximum absolute atomic E-state index is 13.1. The fourth-order valence-corrected chi connectivity index (χ4v) is 2.39. The third-order valence-electron chi connectivity index (χ3n) is 3.61. The Morgan fingerprint density at radius 1 is 1.33 bits per heavy atom. The lowest BCUT2D eigenvalue weighted by Crippen LogP contribution is -2.46. The van der Waals surface area contributed by atoms with Crippen LogP contribution in [0.15, 0.2) is 23.2 Å². The number of aliphatic hydroxyl groups is 1. The predicted octanol–water partition coefficient (Wildman–Crippen LogP) is 2.38. The Bertz CT molecular complexity index is 538. The highest BCUT2D eigenvalue weighted by molar-refractivity contribution is 14.0. The van der Waals surface area contributed by atoms with Gasteiger partial charge < -0.3 is 20.1 Å². The molecule has 1 fully saturated rings. The van der Waals surface area contributed by atoms with Crippen molar-refractivity contribution in [2.75, 3.05) is 32.8 Å². The molecule has 0 bridgehead atoms. The molecule has 0 atom stereocenters. The molecule has 8 heteroatoms. The summed E-state index contributed by atoms with van der Waals surface area (Å²) in [6.07, 6.45) is 1.23. The smallest absolute Gasteiger partial charge is 0.194 e. The van der Waals surface area contributed by atoms with E-state index in [1.54, 1.807) is 0 Å². The Balaban J connectivity index is 0.00000288. The van der Waals surface area contributed by atoms with Crippen LogP contribution in [0.4, 0.5) is 8.78 Å². The van der Waals surface area contributed by atoms with Gasteiger partial charge in [0.1, 0.15) is 12.4 Å². The highest BCUT2D eigenvalue weighted by Crippen LogP contribution is 2.15. The second-order valence-electron chi connectivity index (χ2n) is 5.38. The van der Waals surface area contributed by atoms with Crippen LogP contribution < -0.4 is 10.1 Å². The number of likely N-dealkylation sites (tertiary alicyclic amines) is 1. The highest BCUT2D eigenvalue weighted by atomic mass is 127. The summed E-state index contributed by atoms with van der Waals surface area (Å²) in [5.41, 5.74) is 0. The van der Waals surface area contributed by atoms with Gasteiger partial charge in [0.25, 0.3) is 0 Å². The molecule has 0 amide bonds. The molecule has 0 spiro atoms. The van der Waals surface area contributed by atoms with Gasteiger partial charge in [0.15, 0.2) is 17.6 Å². The van der Waals surface area contributed by atoms with E-state index in [4.69, 9.17) is 4.74 Å². The summed E-state index contributed by atoms with van der Waals surface area (Å²) in [5.74, 6) is -0.748. The normalized spacial score (nSPS) is 15.8. The van der Waals surface area contributed by atoms with Crippen molar-refractivity contribution in [3.63, 3.8) is 0 Å². The van der Waals surface area contributed by atoms with Gasteiger partial charge in [-0.05, 0) is 31.9 Å². The molecule has 1 saturated heterocycles. The number of piperidine rings is 1. The maximum atomic E-state index is 13.1. The van der Waals surface area contributed by atoms with Crippen LogP contribution in [0, 0.1) is 11.6 Å². The summed E-state index contributed by atoms with van der Waals surface area (Å²) in [6.45, 7) is 4.94. The molecule has 2 N–H and O–H groups in total. The third kappa shape index (κ3) is 6.39. The molecule has 2 rings (SSSR count). The zero-order valence-corrected chi connectivity index (χ0v) is 16.0. The Morgan fingerprint density at radius 3 is 2.67 bits per heavy atom. The number of aliphatic hydroxyl groups excluding tert-OH is 1. The molecule has 1 aromatic rings. The lowest BCUT2D eigenvalue weighted by atomic mass is 10.1. The topological polar surface area (TPSA) is 57.1 Å². The van der Waals surface area contributed by atoms with Crippen LogP contribution in [-0.4, -0.2) is 54.9 Å². The first kappa shape index (κ1) is 20.9. The van der Waals surface area contributed by atoms with E-state index in [1.165, 1.54) is 6.07 Å². The Hall–Kier alpha value is -1.16. The largest absolute Gasteiger partial charge is 0.492 e. The molecule has 0 aliphatic carbocycles. The number of benzene rings is 1. The molecule has 136 valence electrons. The number of rotatable bonds is 5. The van der Waals surface area contributed by atoms with Crippen molar-refractivity contribution in [3.8, 4) is 5.75 Å². The van der Waals surface area contributed by atoms with Gasteiger partial charge in [0, 0.05) is 25.7 Å². The average molecular weight is 455 g/mol. The van der Waals surface area contributed by atoms with Crippen molar-refractivity contribution in [2.24, 2.45) is 4.99 Å². The van der Waals surface area contributed by atoms with Crippen molar-refractivity contribution in [1.29, 1.82) is 0 Å². The lowest BCUT2D eigenvalue weighted by molar-refractivity contribution is 0.108. The minimum atomic E-state index is -0.925. The number of nitrogens with one attached hydrogen (secondary N) is 1. The van der Waals surface area contributed by atoms with Gasteiger partial charge in [-0.1, -0.05) is 0 Å². The Labute approximate surface area is 158 Å². The first-order valence-corrected chi connectivity index (χ1v) is 7.89. The molecule has 1 aliphatic rings. The number of hydrogen-bond acceptors (Lipinski definition) is 3. The van der Waals surface area contributed by atoms with Gasteiger partial charge in [-0.3, -0.25) is 0 Å². The highest BCUT2D eigenvalue weighted by Gasteiger charge is 2.19. The fourth-order valence-electron chi connectivity index (χ4n) is 2.39. The SMILES string of the molecule is CCNC(=NCCOc1ccc(F)c(F)c1)N1CCC(O)CC1.I. The molecule has 0 unspecified atom stereocenters. The summed E-state index contributed by atoms with van der Waals surface area (Å²) in [6, 6.07) is 3.45. The molecular weight excluding hydrogens is 431 g/mol. The minimum absolute atomic E-state index is 0. The fraction of sp³-hybridized carbons (Fsp3) is 0.562. The van der Waals surface area contributed by atoms with Crippen LogP contribution in [-0.2, 0) is 0 Å². The van der Waals surface area contributed by atoms with Crippen molar-refractivity contribution in [2.45, 2.75) is 25.9 Å². The van der Waals surface area contributed by atoms with Crippen molar-refractivity contribution < 1.29 is 18.6 Å². The Morgan fingerprint density at radius 2 is 2.04 bits per heavy atom. The van der Waals surface area contributed by atoms with Gasteiger partial charge >= 0.3 is 0 Å². The van der Waals surface area contributed by atoms with Crippen molar-refractivity contribution in [1.82, 2.24) is 10.2 Å². The first-order chi connectivity index (χ1) is 11.1. The van der Waals surface area contributed by atoms with Gasteiger partial charge in [0.2, 0.25) is 0 Å². The number of halogens is 3. The molecule has 0 saturated carbocycles. The summed E-state index contributed by atoms with van der Waals surface area (Å²) < 4.78 is 31.3. The van der Waals surface area contributed by atoms with Crippen LogP contribution >= 0.6 is 24.0 Å². The van der Waals surface area contributed by atoms with E-state index < -0.39 is 11.6 Å². The number of ether oxygens (including phenoxy) is 1. The van der Waals surface area contributed by atoms with Crippen LogP contribution in [0.5, 0.6) is 5.75 Å². The van der Waals surface area contributed by atoms with E-state index >= 15 is 0 Å². The van der Waals surface area contributed by atoms with Crippen LogP contribution in [0.2, 0.25) is 0 Å². The lowest BCUT2D eigenvalue weighted by Gasteiger charge is -2.32. The predicted molar refractivity (Wildman–Crippen MR) is 100 cm³/mol. The number of aliphatic imine (C=N–C) groups is 1. The monoisotopic (exact) mass is 455 g/mol. The van der Waals surface area contributed by atoms with Crippen LogP contribution in [0.3, 0.4) is 0 Å². The second-order valence-corrected chi connectivity index (χ2v) is 5.38. The van der Waals surface area contributed by atoms with E-state index in [-0.39, 0.29) is 42.4 Å². The van der Waals surface area contributed by atoms with Crippen LogP contribution in [0.1, 0.15) is 19.8 Å². The van der Waals surface area contributed by atoms with Gasteiger partial charge in [-0.2, -0.15) is 0 Å². The summed E-state index contributed by atoms with van der Waals surface area (Å²) >= 11 is 0. The Kier molecular flexibility index (Phi) is 9.27. The minimum Gasteiger partial charge on any atom is -0.492 e. The molecule has 1 aliphatic heterocycles. The molecule has 5 nitrogen and oxygen atoms in total. The van der Waals surface area contributed by atoms with E-state index in [9.17, 15) is 13.9 Å². The van der Waals surface area contributed by atoms with E-state index in [1.807, 2.05) is 6.92 Å². The number of guanidine groups is 1. The van der Waals surface area contributed by atoms with Gasteiger partial charge in [-0.15, -0.1) is 24.0 Å². The second kappa shape index (κ2) is 10.7. The molecule has 0 radical (unpaired) electrons. The first-order valence-electron chi connectivity index (χ1n) is 7.89. The molecule has 1 heterocycles. The van der Waals surface area contributed by atoms with Crippen molar-refractivity contribution >= 4 is 29.9 Å². The molecule has 24 heavy (non-hydrogen) atoms. The zero-order chi connectivity index (χ0) is 16.7. The average Bonchev–Trinajstić information content (AvgIpc) is 2.54. The summed E-state index contributed by atoms with van der Waals surface area (Å²) in [7, 11) is 0. The van der Waals surface area contributed by atoms with Crippen LogP contribution in [0.25, 0.3) is 0 Å². The van der Waals surface area contributed by atoms with E-state index in [0.29, 0.717) is 6.54 Å². The quantitative estimate of drug-likeness (QED) is 0.310. The standard InChI is InChI=1S/C16H23F2N3O2.HI/c1-2-19-16(21-8-5-12(22)6-9-21)20-7-10-23-13-3-4-14(17)15(18)11-13;/h3-4,11-12,22H,2,5-10H2,1H3,(H,19,20);1H. The number of nitrogens with zero attached hydrogens (tertiary/aromatic N) is 2. The molecular formula is C16H24F2IN3O2. The van der Waals surface area contributed by atoms with E-state index in [2.05, 4.69) is 15.2 Å². The molecule has 1 aromatic carbocycles. The maximum Gasteiger partial charge on any atom is 0.194 e. The molecule has 0 aromatic heterocycles. The number of hydrogen-bond donors (Lipinski definition) is 2. The van der Waals surface area contributed by atoms with Gasteiger partial charge in [-0.25, -0.2) is 13.8 Å². The zero-order valence-electron chi connectivity index (χ0n) is 13.7.